The van der Waals surface area contributed by atoms with E-state index in [0.29, 0.717) is 18.6 Å². The van der Waals surface area contributed by atoms with Crippen LogP contribution in [0.2, 0.25) is 0 Å². The van der Waals surface area contributed by atoms with Crippen LogP contribution in [0, 0.1) is 0 Å². The van der Waals surface area contributed by atoms with Gasteiger partial charge < -0.3 is 10.6 Å². The molecule has 0 saturated carbocycles. The highest BCUT2D eigenvalue weighted by molar-refractivity contribution is 8.45. The number of hydrogen-bond donors (Lipinski definition) is 3. The van der Waals surface area contributed by atoms with Crippen LogP contribution in [0.25, 0.3) is 0 Å². The summed E-state index contributed by atoms with van der Waals surface area (Å²) in [6.07, 6.45) is 0.151. The third-order valence-electron chi connectivity index (χ3n) is 4.04. The quantitative estimate of drug-likeness (QED) is 0.659. The molecule has 148 valence electrons. The lowest BCUT2D eigenvalue weighted by Crippen LogP contribution is -2.60. The third kappa shape index (κ3) is 5.07. The van der Waals surface area contributed by atoms with E-state index in [1.807, 2.05) is 6.92 Å². The molecule has 2 rings (SSSR count). The van der Waals surface area contributed by atoms with Crippen LogP contribution in [0.15, 0.2) is 29.2 Å². The zero-order valence-electron chi connectivity index (χ0n) is 14.1. The smallest absolute Gasteiger partial charge is 0.310 e. The fraction of sp³-hybridized carbons (Fsp3) is 0.467. The second kappa shape index (κ2) is 6.08. The summed E-state index contributed by atoms with van der Waals surface area (Å²) >= 11 is 0. The number of benzene rings is 1. The average Bonchev–Trinajstić information content (AvgIpc) is 2.52. The number of carbonyl (C=O) groups is 2. The number of rotatable bonds is 5. The van der Waals surface area contributed by atoms with Crippen LogP contribution in [0.5, 0.6) is 0 Å². The highest BCUT2D eigenvalue weighted by Gasteiger charge is 2.65. The van der Waals surface area contributed by atoms with Gasteiger partial charge in [-0.05, 0) is 31.0 Å². The van der Waals surface area contributed by atoms with Crippen LogP contribution >= 0.6 is 10.2 Å². The van der Waals surface area contributed by atoms with Gasteiger partial charge >= 0.3 is 10.2 Å². The summed E-state index contributed by atoms with van der Waals surface area (Å²) in [5, 5.41) is 8.17. The average molecular weight is 401 g/mol. The molecule has 1 aromatic carbocycles. The Kier molecular flexibility index (Phi) is 4.78. The first-order chi connectivity index (χ1) is 11.7. The predicted molar refractivity (Wildman–Crippen MR) is 88.2 cm³/mol. The molecule has 26 heavy (non-hydrogen) atoms. The van der Waals surface area contributed by atoms with Crippen molar-refractivity contribution in [1.82, 2.24) is 16.0 Å². The Morgan fingerprint density at radius 2 is 1.81 bits per heavy atom. The van der Waals surface area contributed by atoms with Crippen molar-refractivity contribution in [3.63, 3.8) is 0 Å². The monoisotopic (exact) mass is 401 g/mol. The molecule has 0 radical (unpaired) electrons. The van der Waals surface area contributed by atoms with Gasteiger partial charge in [0.2, 0.25) is 11.8 Å². The number of halogens is 5. The number of carbonyl (C=O) groups excluding carboxylic acids is 2. The Labute approximate surface area is 147 Å². The Morgan fingerprint density at radius 1 is 1.23 bits per heavy atom. The summed E-state index contributed by atoms with van der Waals surface area (Å²) in [4.78, 5) is 21.9. The van der Waals surface area contributed by atoms with Gasteiger partial charge in [0.05, 0.1) is 24.7 Å². The van der Waals surface area contributed by atoms with Gasteiger partial charge in [0.15, 0.2) is 0 Å². The van der Waals surface area contributed by atoms with Crippen molar-refractivity contribution in [2.75, 3.05) is 0 Å². The third-order valence-corrected chi connectivity index (χ3v) is 5.20. The summed E-state index contributed by atoms with van der Waals surface area (Å²) in [7, 11) is -9.72. The fourth-order valence-electron chi connectivity index (χ4n) is 2.58. The molecular weight excluding hydrogens is 381 g/mol. The minimum absolute atomic E-state index is 0.0712. The van der Waals surface area contributed by atoms with E-state index in [9.17, 15) is 29.0 Å². The lowest BCUT2D eigenvalue weighted by Gasteiger charge is -2.40. The van der Waals surface area contributed by atoms with E-state index in [0.717, 1.165) is 12.1 Å². The van der Waals surface area contributed by atoms with E-state index in [2.05, 4.69) is 16.0 Å². The molecule has 0 bridgehead atoms. The Balaban J connectivity index is 2.07. The number of amides is 2. The molecule has 5 nitrogen and oxygen atoms in total. The highest BCUT2D eigenvalue weighted by atomic mass is 32.5. The summed E-state index contributed by atoms with van der Waals surface area (Å²) in [6, 6.07) is 0.905. The molecule has 2 amide bonds. The summed E-state index contributed by atoms with van der Waals surface area (Å²) in [6.45, 7) is 3.33. The molecule has 0 aliphatic carbocycles. The molecule has 1 fully saturated rings. The lowest BCUT2D eigenvalue weighted by atomic mass is 10.1. The van der Waals surface area contributed by atoms with Crippen molar-refractivity contribution in [3.8, 4) is 0 Å². The first-order valence-electron chi connectivity index (χ1n) is 7.89. The van der Waals surface area contributed by atoms with Crippen LogP contribution in [0.3, 0.4) is 0 Å². The molecule has 0 spiro atoms. The van der Waals surface area contributed by atoms with E-state index < -0.39 is 33.1 Å². The minimum atomic E-state index is -9.72. The fourth-order valence-corrected chi connectivity index (χ4v) is 3.23. The first-order valence-corrected chi connectivity index (χ1v) is 9.84. The highest BCUT2D eigenvalue weighted by Crippen LogP contribution is 3.02. The van der Waals surface area contributed by atoms with E-state index in [1.165, 1.54) is 6.92 Å². The minimum Gasteiger partial charge on any atom is -0.348 e. The molecule has 0 aromatic heterocycles. The summed E-state index contributed by atoms with van der Waals surface area (Å²) in [5.41, 5.74) is 0.233. The Hall–Kier alpha value is -1.88. The van der Waals surface area contributed by atoms with Crippen molar-refractivity contribution in [1.29, 1.82) is 0 Å². The van der Waals surface area contributed by atoms with Crippen LogP contribution in [0.4, 0.5) is 19.4 Å². The van der Waals surface area contributed by atoms with E-state index in [-0.39, 0.29) is 24.1 Å². The van der Waals surface area contributed by atoms with Gasteiger partial charge in [0.1, 0.15) is 4.90 Å². The SMILES string of the molecule is CCC1NC(=O)CC(C(=O)N[C@H](C)c2ccc(S(F)(F)(F)(F)F)cc2)N1. The standard InChI is InChI=1S/C15H20F5N3O2S/c1-3-13-22-12(8-14(24)23-13)15(25)21-9(2)10-4-6-11(7-5-10)26(16,17,18,19)20/h4-7,9,12-13,22H,3,8H2,1-2H3,(H,21,25)(H,23,24)/t9-,12?,13?/m1/s1. The van der Waals surface area contributed by atoms with Gasteiger partial charge in [-0.3, -0.25) is 14.9 Å². The van der Waals surface area contributed by atoms with Crippen LogP contribution in [0.1, 0.15) is 38.3 Å². The maximum Gasteiger partial charge on any atom is 0.310 e. The maximum atomic E-state index is 12.7. The summed E-state index contributed by atoms with van der Waals surface area (Å²) in [5.74, 6) is -0.786. The van der Waals surface area contributed by atoms with Gasteiger partial charge in [-0.2, -0.15) is 0 Å². The Bertz CT molecular complexity index is 708. The van der Waals surface area contributed by atoms with Crippen molar-refractivity contribution < 1.29 is 29.0 Å². The van der Waals surface area contributed by atoms with E-state index in [4.69, 9.17) is 0 Å². The Morgan fingerprint density at radius 3 is 2.31 bits per heavy atom. The van der Waals surface area contributed by atoms with Crippen LogP contribution in [-0.4, -0.2) is 24.0 Å². The van der Waals surface area contributed by atoms with Crippen molar-refractivity contribution in [3.05, 3.63) is 29.8 Å². The van der Waals surface area contributed by atoms with E-state index in [1.54, 1.807) is 0 Å². The topological polar surface area (TPSA) is 70.2 Å². The van der Waals surface area contributed by atoms with Crippen molar-refractivity contribution in [2.24, 2.45) is 0 Å². The zero-order valence-corrected chi connectivity index (χ0v) is 14.9. The number of hydrogen-bond acceptors (Lipinski definition) is 3. The van der Waals surface area contributed by atoms with Gasteiger partial charge in [-0.15, -0.1) is 0 Å². The largest absolute Gasteiger partial charge is 0.348 e. The van der Waals surface area contributed by atoms with Gasteiger partial charge in [0, 0.05) is 0 Å². The molecule has 3 atom stereocenters. The van der Waals surface area contributed by atoms with E-state index >= 15 is 0 Å². The van der Waals surface area contributed by atoms with Crippen LogP contribution in [-0.2, 0) is 9.59 Å². The molecule has 3 N–H and O–H groups in total. The summed E-state index contributed by atoms with van der Waals surface area (Å²) < 4.78 is 63.6. The normalized spacial score (nSPS) is 24.8. The van der Waals surface area contributed by atoms with Crippen molar-refractivity contribution in [2.45, 2.75) is 49.8 Å². The molecule has 11 heteroatoms. The zero-order chi connectivity index (χ0) is 19.8. The number of nitrogens with one attached hydrogen (secondary N) is 3. The molecule has 1 aromatic rings. The van der Waals surface area contributed by atoms with Crippen LogP contribution < -0.4 is 16.0 Å². The van der Waals surface area contributed by atoms with Gasteiger partial charge in [-0.25, -0.2) is 0 Å². The molecular formula is C15H20F5N3O2S. The maximum absolute atomic E-state index is 12.7. The molecule has 1 heterocycles. The predicted octanol–water partition coefficient (Wildman–Crippen LogP) is 3.74. The first kappa shape index (κ1) is 20.4. The van der Waals surface area contributed by atoms with Gasteiger partial charge in [0.25, 0.3) is 0 Å². The lowest BCUT2D eigenvalue weighted by molar-refractivity contribution is -0.132. The van der Waals surface area contributed by atoms with Crippen molar-refractivity contribution >= 4 is 22.0 Å². The molecule has 1 aliphatic heterocycles. The van der Waals surface area contributed by atoms with Gasteiger partial charge in [-0.1, -0.05) is 38.5 Å². The molecule has 1 saturated heterocycles. The second-order valence-corrected chi connectivity index (χ2v) is 8.63. The molecule has 2 unspecified atom stereocenters. The molecule has 1 aliphatic rings. The second-order valence-electron chi connectivity index (χ2n) is 6.22.